The fourth-order valence-corrected chi connectivity index (χ4v) is 3.56. The molecule has 1 aliphatic rings. The van der Waals surface area contributed by atoms with Gasteiger partial charge in [-0.2, -0.15) is 0 Å². The standard InChI is InChI=1S/C17H23N3O2/c1-3-17(22-4-2,16(21)12-8-5-9-13-16)20-15-11-7-6-10-14(15)18-19-20/h3,6-7,10-11,21H,1,4-5,8-9,12-13H2,2H3. The Balaban J connectivity index is 2.19. The summed E-state index contributed by atoms with van der Waals surface area (Å²) in [5, 5.41) is 19.9. The molecule has 1 aromatic heterocycles. The molecule has 1 N–H and O–H groups in total. The summed E-state index contributed by atoms with van der Waals surface area (Å²) < 4.78 is 7.76. The van der Waals surface area contributed by atoms with Crippen LogP contribution >= 0.6 is 0 Å². The molecule has 5 heteroatoms. The van der Waals surface area contributed by atoms with Crippen molar-refractivity contribution in [3.05, 3.63) is 36.9 Å². The summed E-state index contributed by atoms with van der Waals surface area (Å²) in [7, 11) is 0. The Labute approximate surface area is 130 Å². The molecule has 0 radical (unpaired) electrons. The lowest BCUT2D eigenvalue weighted by molar-refractivity contribution is -0.218. The van der Waals surface area contributed by atoms with Gasteiger partial charge in [0.2, 0.25) is 5.72 Å². The van der Waals surface area contributed by atoms with Crippen LogP contribution in [0.3, 0.4) is 0 Å². The van der Waals surface area contributed by atoms with Gasteiger partial charge in [0, 0.05) is 6.61 Å². The maximum atomic E-state index is 11.4. The van der Waals surface area contributed by atoms with Crippen molar-refractivity contribution in [1.82, 2.24) is 15.0 Å². The number of ether oxygens (including phenoxy) is 1. The lowest BCUT2D eigenvalue weighted by Gasteiger charge is -2.46. The Morgan fingerprint density at radius 2 is 2.09 bits per heavy atom. The molecule has 0 bridgehead atoms. The van der Waals surface area contributed by atoms with Gasteiger partial charge in [0.15, 0.2) is 0 Å². The smallest absolute Gasteiger partial charge is 0.210 e. The zero-order chi connectivity index (χ0) is 15.6. The van der Waals surface area contributed by atoms with Gasteiger partial charge in [0.05, 0.1) is 5.52 Å². The Kier molecular flexibility index (Phi) is 4.02. The summed E-state index contributed by atoms with van der Waals surface area (Å²) in [6.07, 6.45) is 6.13. The molecule has 1 heterocycles. The van der Waals surface area contributed by atoms with Crippen LogP contribution in [0.4, 0.5) is 0 Å². The molecular weight excluding hydrogens is 278 g/mol. The molecule has 3 rings (SSSR count). The molecule has 5 nitrogen and oxygen atoms in total. The van der Waals surface area contributed by atoms with Gasteiger partial charge in [0.1, 0.15) is 11.1 Å². The first-order valence-corrected chi connectivity index (χ1v) is 7.98. The monoisotopic (exact) mass is 301 g/mol. The van der Waals surface area contributed by atoms with E-state index in [4.69, 9.17) is 4.74 Å². The van der Waals surface area contributed by atoms with Crippen LogP contribution in [0.5, 0.6) is 0 Å². The van der Waals surface area contributed by atoms with E-state index in [2.05, 4.69) is 16.9 Å². The van der Waals surface area contributed by atoms with Crippen molar-refractivity contribution in [1.29, 1.82) is 0 Å². The van der Waals surface area contributed by atoms with Crippen molar-refractivity contribution in [2.45, 2.75) is 50.4 Å². The van der Waals surface area contributed by atoms with Crippen molar-refractivity contribution >= 4 is 11.0 Å². The van der Waals surface area contributed by atoms with Crippen molar-refractivity contribution in [3.63, 3.8) is 0 Å². The molecule has 22 heavy (non-hydrogen) atoms. The number of hydrogen-bond donors (Lipinski definition) is 1. The molecule has 118 valence electrons. The van der Waals surface area contributed by atoms with E-state index >= 15 is 0 Å². The van der Waals surface area contributed by atoms with Gasteiger partial charge in [-0.1, -0.05) is 43.2 Å². The fraction of sp³-hybridized carbons (Fsp3) is 0.529. The minimum Gasteiger partial charge on any atom is -0.384 e. The van der Waals surface area contributed by atoms with E-state index in [1.807, 2.05) is 31.2 Å². The van der Waals surface area contributed by atoms with Crippen LogP contribution in [-0.4, -0.2) is 32.3 Å². The summed E-state index contributed by atoms with van der Waals surface area (Å²) in [4.78, 5) is 0. The number of para-hydroxylation sites is 1. The second kappa shape index (κ2) is 5.82. The van der Waals surface area contributed by atoms with E-state index in [0.29, 0.717) is 19.4 Å². The van der Waals surface area contributed by atoms with Crippen LogP contribution in [0.15, 0.2) is 36.9 Å². The van der Waals surface area contributed by atoms with Gasteiger partial charge in [-0.3, -0.25) is 0 Å². The highest BCUT2D eigenvalue weighted by Gasteiger charge is 2.52. The minimum atomic E-state index is -1.09. The quantitative estimate of drug-likeness (QED) is 0.862. The predicted molar refractivity (Wildman–Crippen MR) is 85.4 cm³/mol. The molecule has 1 aliphatic carbocycles. The number of aromatic nitrogens is 3. The minimum absolute atomic E-state index is 0.461. The third-order valence-electron chi connectivity index (χ3n) is 4.66. The van der Waals surface area contributed by atoms with Crippen molar-refractivity contribution in [2.24, 2.45) is 0 Å². The van der Waals surface area contributed by atoms with Gasteiger partial charge in [-0.05, 0) is 38.0 Å². The highest BCUT2D eigenvalue weighted by molar-refractivity contribution is 5.74. The first kappa shape index (κ1) is 15.2. The Hall–Kier alpha value is -1.72. The normalized spacial score (nSPS) is 20.6. The number of fused-ring (bicyclic) bond motifs is 1. The molecule has 1 aromatic carbocycles. The molecular formula is C17H23N3O2. The highest BCUT2D eigenvalue weighted by Crippen LogP contribution is 2.43. The van der Waals surface area contributed by atoms with E-state index < -0.39 is 11.3 Å². The molecule has 0 amide bonds. The van der Waals surface area contributed by atoms with Crippen LogP contribution in [0.1, 0.15) is 39.0 Å². The number of hydrogen-bond acceptors (Lipinski definition) is 4. The Morgan fingerprint density at radius 3 is 2.77 bits per heavy atom. The van der Waals surface area contributed by atoms with Crippen LogP contribution in [0.2, 0.25) is 0 Å². The van der Waals surface area contributed by atoms with Gasteiger partial charge in [0.25, 0.3) is 0 Å². The predicted octanol–water partition coefficient (Wildman–Crippen LogP) is 3.00. The van der Waals surface area contributed by atoms with Crippen molar-refractivity contribution < 1.29 is 9.84 Å². The van der Waals surface area contributed by atoms with E-state index in [-0.39, 0.29) is 0 Å². The maximum Gasteiger partial charge on any atom is 0.210 e. The Morgan fingerprint density at radius 1 is 1.36 bits per heavy atom. The first-order chi connectivity index (χ1) is 10.7. The average Bonchev–Trinajstić information content (AvgIpc) is 2.97. The lowest BCUT2D eigenvalue weighted by atomic mass is 9.76. The zero-order valence-electron chi connectivity index (χ0n) is 13.0. The van der Waals surface area contributed by atoms with Crippen LogP contribution in [0.25, 0.3) is 11.0 Å². The third-order valence-corrected chi connectivity index (χ3v) is 4.66. The van der Waals surface area contributed by atoms with Crippen LogP contribution < -0.4 is 0 Å². The number of benzene rings is 1. The molecule has 1 saturated carbocycles. The van der Waals surface area contributed by atoms with E-state index in [9.17, 15) is 5.11 Å². The molecule has 0 aliphatic heterocycles. The van der Waals surface area contributed by atoms with Gasteiger partial charge in [-0.15, -0.1) is 5.10 Å². The lowest BCUT2D eigenvalue weighted by Crippen LogP contribution is -2.57. The number of aliphatic hydroxyl groups is 1. The Bertz CT molecular complexity index is 661. The summed E-state index contributed by atoms with van der Waals surface area (Å²) in [5.41, 5.74) is -0.472. The number of nitrogens with zero attached hydrogens (tertiary/aromatic N) is 3. The second-order valence-corrected chi connectivity index (χ2v) is 5.92. The molecule has 1 unspecified atom stereocenters. The van der Waals surface area contributed by atoms with Crippen LogP contribution in [-0.2, 0) is 10.5 Å². The molecule has 1 fully saturated rings. The maximum absolute atomic E-state index is 11.4. The second-order valence-electron chi connectivity index (χ2n) is 5.92. The SMILES string of the molecule is C=CC(OCC)(n1nnc2ccccc21)C1(O)CCCCC1. The summed E-state index contributed by atoms with van der Waals surface area (Å²) >= 11 is 0. The van der Waals surface area contributed by atoms with E-state index in [0.717, 1.165) is 30.3 Å². The first-order valence-electron chi connectivity index (χ1n) is 7.98. The van der Waals surface area contributed by atoms with E-state index in [1.165, 1.54) is 0 Å². The third kappa shape index (κ3) is 2.16. The summed E-state index contributed by atoms with van der Waals surface area (Å²) in [5.74, 6) is 0. The molecule has 1 atom stereocenters. The van der Waals surface area contributed by atoms with Crippen molar-refractivity contribution in [3.8, 4) is 0 Å². The highest BCUT2D eigenvalue weighted by atomic mass is 16.5. The van der Waals surface area contributed by atoms with Gasteiger partial charge >= 0.3 is 0 Å². The van der Waals surface area contributed by atoms with Crippen molar-refractivity contribution in [2.75, 3.05) is 6.61 Å². The molecule has 0 spiro atoms. The molecule has 2 aromatic rings. The zero-order valence-corrected chi connectivity index (χ0v) is 13.0. The summed E-state index contributed by atoms with van der Waals surface area (Å²) in [6.45, 7) is 6.34. The fourth-order valence-electron chi connectivity index (χ4n) is 3.56. The van der Waals surface area contributed by atoms with E-state index in [1.54, 1.807) is 10.8 Å². The van der Waals surface area contributed by atoms with Gasteiger partial charge in [-0.25, -0.2) is 4.68 Å². The molecule has 0 saturated heterocycles. The summed E-state index contributed by atoms with van der Waals surface area (Å²) in [6, 6.07) is 7.71. The average molecular weight is 301 g/mol. The largest absolute Gasteiger partial charge is 0.384 e. The van der Waals surface area contributed by atoms with Crippen LogP contribution in [0, 0.1) is 0 Å². The number of rotatable bonds is 5. The topological polar surface area (TPSA) is 60.2 Å². The van der Waals surface area contributed by atoms with Gasteiger partial charge < -0.3 is 9.84 Å².